The summed E-state index contributed by atoms with van der Waals surface area (Å²) in [7, 11) is -7.45. The number of amides is 5. The van der Waals surface area contributed by atoms with Gasteiger partial charge in [-0.1, -0.05) is 109 Å². The number of fused-ring (bicyclic) bond motifs is 3. The Balaban J connectivity index is 0.000000186. The van der Waals surface area contributed by atoms with Crippen LogP contribution in [0.3, 0.4) is 0 Å². The lowest BCUT2D eigenvalue weighted by Gasteiger charge is -2.28. The number of pyridine rings is 3. The van der Waals surface area contributed by atoms with Gasteiger partial charge in [-0.2, -0.15) is 0 Å². The number of Topliss-reactive ketones (excluding diaryl/α,β-unsaturated/α-hetero) is 1. The van der Waals surface area contributed by atoms with E-state index < -0.39 is 148 Å². The average molecular weight is 1860 g/mol. The summed E-state index contributed by atoms with van der Waals surface area (Å²) < 4.78 is 93.2. The Morgan fingerprint density at radius 2 is 1.01 bits per heavy atom. The molecule has 11 atom stereocenters. The number of carboxylic acids is 3. The quantitative estimate of drug-likeness (QED) is 0.0115. The lowest BCUT2D eigenvalue weighted by atomic mass is 9.91. The number of benzene rings is 4. The number of likely N-dealkylation sites (tertiary alicyclic amines) is 3. The number of rotatable bonds is 26. The minimum absolute atomic E-state index is 0.00583. The van der Waals surface area contributed by atoms with E-state index in [0.29, 0.717) is 68.3 Å². The number of aryl methyl sites for hydroxylation is 1. The van der Waals surface area contributed by atoms with Gasteiger partial charge >= 0.3 is 36.2 Å². The summed E-state index contributed by atoms with van der Waals surface area (Å²) in [6.07, 6.45) is 14.3. The van der Waals surface area contributed by atoms with E-state index in [2.05, 4.69) is 44.1 Å². The van der Waals surface area contributed by atoms with Crippen LogP contribution in [-0.2, 0) is 69.4 Å². The maximum atomic E-state index is 13.8. The van der Waals surface area contributed by atoms with E-state index in [1.165, 1.54) is 21.9 Å². The van der Waals surface area contributed by atoms with Crippen LogP contribution in [0, 0.1) is 35.9 Å². The number of hydrogen-bond acceptors (Lipinski definition) is 23. The third-order valence-electron chi connectivity index (χ3n) is 23.3. The van der Waals surface area contributed by atoms with Crippen molar-refractivity contribution < 1.29 is 108 Å². The van der Waals surface area contributed by atoms with Crippen molar-refractivity contribution in [1.82, 2.24) is 39.1 Å². The fourth-order valence-electron chi connectivity index (χ4n) is 15.1. The molecule has 4 saturated carbocycles. The molecule has 0 spiro atoms. The number of nitrogens with two attached hydrogens (primary N) is 1. The van der Waals surface area contributed by atoms with Crippen molar-refractivity contribution in [3.8, 4) is 11.8 Å². The zero-order valence-electron chi connectivity index (χ0n) is 75.6. The third-order valence-corrected chi connectivity index (χ3v) is 27.9. The molecule has 0 bridgehead atoms. The molecule has 130 heavy (non-hydrogen) atoms. The first-order valence-corrected chi connectivity index (χ1v) is 46.6. The number of aliphatic hydroxyl groups is 1. The van der Waals surface area contributed by atoms with E-state index in [9.17, 15) is 79.7 Å². The first-order valence-electron chi connectivity index (χ1n) is 43.2. The zero-order valence-corrected chi connectivity index (χ0v) is 78.0. The highest BCUT2D eigenvalue weighted by Crippen LogP contribution is 2.57. The molecule has 7 aromatic rings. The van der Waals surface area contributed by atoms with Gasteiger partial charge in [0.1, 0.15) is 57.6 Å². The molecule has 4 aromatic carbocycles. The number of β-amino-alcohol motifs (C(OH)–C–C–N with tert-alkyl or cyclic N) is 1. The normalized spacial score (nSPS) is 22.7. The minimum atomic E-state index is -3.88. The smallest absolute Gasteiger partial charge is 0.411 e. The fraction of sp³-hybridized carbons (Fsp3) is 0.495. The molecular formula is C95H121ClFN9O22S2. The topological polar surface area (TPSA) is 447 Å². The number of nitrogens with zero attached hydrogens (tertiary/aromatic N) is 6. The second-order valence-electron chi connectivity index (χ2n) is 37.5. The van der Waals surface area contributed by atoms with Crippen LogP contribution in [-0.4, -0.2) is 209 Å². The number of nitrogens with one attached hydrogen (secondary N) is 2. The molecule has 3 aromatic heterocycles. The van der Waals surface area contributed by atoms with Crippen LogP contribution in [0.2, 0.25) is 5.15 Å². The van der Waals surface area contributed by atoms with Gasteiger partial charge in [0.05, 0.1) is 52.6 Å². The molecule has 5 amide bonds. The first kappa shape index (κ1) is 103. The zero-order chi connectivity index (χ0) is 96.0. The third kappa shape index (κ3) is 27.5. The number of ether oxygens (including phenoxy) is 5. The molecule has 4 aliphatic carbocycles. The van der Waals surface area contributed by atoms with Crippen molar-refractivity contribution in [2.45, 2.75) is 254 Å². The number of aromatic nitrogens is 3. The number of hydrogen-bond donors (Lipinski definition) is 7. The Labute approximate surface area is 763 Å². The Morgan fingerprint density at radius 3 is 1.43 bits per heavy atom. The van der Waals surface area contributed by atoms with Gasteiger partial charge < -0.3 is 49.8 Å². The van der Waals surface area contributed by atoms with E-state index >= 15 is 0 Å². The SMILES string of the molecule is C=CCCCCC[C@H](Cc1cc(C)cc(F)c1)C(=O)O.C=C[C@@H]1C[C@]1(CC(=O)[C@@H]1C[C@@H](Oc2nccc3ccccc23)CN1C(=O)OC(C)(C)C)C(=O)NS(=O)(=O)C1(C)CC1.C=C[C@@H]1C[C@]1(N)C(=O)NS(=O)(=O)C1(C)CC1.CC(C)(C)OC(=O)N1C[C@H](O)C[C@H]1C(=O)O.CC(C)(C)OC(=O)N1C[C@H](Oc2nccc3ccccc23)C[C@H]1C(=O)O.Clc1nccc2ccccc12. The Hall–Kier alpha value is -11.2. The molecule has 7 fully saturated rings. The number of halogens is 2. The Bertz CT molecular complexity index is 5550. The van der Waals surface area contributed by atoms with Crippen LogP contribution >= 0.6 is 11.6 Å². The van der Waals surface area contributed by atoms with Gasteiger partial charge in [-0.3, -0.25) is 43.3 Å². The predicted molar refractivity (Wildman–Crippen MR) is 489 cm³/mol. The van der Waals surface area contributed by atoms with Gasteiger partial charge in [-0.05, 0) is 223 Å². The summed E-state index contributed by atoms with van der Waals surface area (Å²) in [5.74, 6) is -5.02. The van der Waals surface area contributed by atoms with Crippen LogP contribution in [0.25, 0.3) is 32.3 Å². The number of ketones is 1. The second-order valence-corrected chi connectivity index (χ2v) is 42.2. The molecule has 7 aliphatic rings. The number of allylic oxidation sites excluding steroid dienone is 2. The van der Waals surface area contributed by atoms with E-state index in [-0.39, 0.29) is 68.8 Å². The van der Waals surface area contributed by atoms with Crippen molar-refractivity contribution in [2.24, 2.45) is 28.9 Å². The lowest BCUT2D eigenvalue weighted by Crippen LogP contribution is -2.49. The Kier molecular flexibility index (Phi) is 33.4. The van der Waals surface area contributed by atoms with Crippen LogP contribution in [0.4, 0.5) is 18.8 Å². The second kappa shape index (κ2) is 42.3. The number of carboxylic acid groups (broad SMARTS) is 3. The summed E-state index contributed by atoms with van der Waals surface area (Å²) in [4.78, 5) is 126. The van der Waals surface area contributed by atoms with Crippen LogP contribution in [0.5, 0.6) is 11.8 Å². The molecule has 704 valence electrons. The fourth-order valence-corrected chi connectivity index (χ4v) is 18.0. The maximum Gasteiger partial charge on any atom is 0.411 e. The molecule has 3 aliphatic heterocycles. The van der Waals surface area contributed by atoms with Crippen LogP contribution < -0.4 is 24.7 Å². The van der Waals surface area contributed by atoms with Gasteiger partial charge in [0.2, 0.25) is 37.7 Å². The molecular weight excluding hydrogens is 1740 g/mol. The monoisotopic (exact) mass is 1860 g/mol. The van der Waals surface area contributed by atoms with Crippen molar-refractivity contribution in [3.63, 3.8) is 0 Å². The predicted octanol–water partition coefficient (Wildman–Crippen LogP) is 14.9. The standard InChI is InChI=1S/C30H37N3O7S.C19H22N2O5.C17H23FO2.C10H16N2O3S.C10H17NO5.C9H6ClN/c1-6-20-16-30(20,26(35)32-41(37,38)29(5)12-13-29)17-24(34)23-15-21(18-33(23)27(36)40-28(2,3)4)39-25-22-10-8-7-9-19(22)11-14-31-25;1-19(2,3)26-18(24)21-11-13(10-15(21)17(22)23)25-16-14-7-5-4-6-12(14)8-9-20-16;1-3-4-5-6-7-8-15(17(19)20)11-14-9-13(2)10-16(18)12-14;1-3-7-6-10(7,11)8(13)12-16(14,15)9(2)4-5-9;1-10(2,3)16-9(15)11-5-6(12)4-7(11)8(13)14;10-9-8-4-2-1-3-7(8)5-6-11-9/h6-11,14,20-21,23H,1,12-13,15-18H2,2-5H3,(H,32,35);4-9,13,15H,10-11H2,1-3H3,(H,22,23);3,9-10,12,15H,1,4-8,11H2,2H3,(H,19,20);3,7H,1,4-6,11H2,2H3,(H,12,13);6-7,12H,4-5H2,1-3H3,(H,13,14);1-6H/t20-,21-,23+,30-;13-,15+;15-;7-,10-;6-,7+;/m11111./s1. The highest BCUT2D eigenvalue weighted by molar-refractivity contribution is 7.92. The van der Waals surface area contributed by atoms with Gasteiger partial charge in [0, 0.05) is 66.4 Å². The summed E-state index contributed by atoms with van der Waals surface area (Å²) in [6, 6.07) is 30.7. The van der Waals surface area contributed by atoms with E-state index in [1.807, 2.05) is 110 Å². The van der Waals surface area contributed by atoms with Gasteiger partial charge in [-0.25, -0.2) is 60.2 Å². The highest BCUT2D eigenvalue weighted by Gasteiger charge is 2.63. The largest absolute Gasteiger partial charge is 0.481 e. The number of aliphatic hydroxyl groups excluding tert-OH is 1. The summed E-state index contributed by atoms with van der Waals surface area (Å²) >= 11 is 5.85. The molecule has 35 heteroatoms. The number of aliphatic carboxylic acids is 3. The highest BCUT2D eigenvalue weighted by atomic mass is 35.5. The number of carbonyl (C=O) groups is 9. The molecule has 6 heterocycles. The average Bonchev–Trinajstić information content (AvgIpc) is 1.55. The van der Waals surface area contributed by atoms with Crippen molar-refractivity contribution in [1.29, 1.82) is 0 Å². The van der Waals surface area contributed by atoms with Crippen molar-refractivity contribution in [2.75, 3.05) is 19.6 Å². The van der Waals surface area contributed by atoms with Crippen LogP contribution in [0.1, 0.15) is 184 Å². The first-order chi connectivity index (χ1) is 60.8. The van der Waals surface area contributed by atoms with E-state index in [0.717, 1.165) is 74.0 Å². The van der Waals surface area contributed by atoms with Gasteiger partial charge in [0.25, 0.3) is 5.91 Å². The van der Waals surface area contributed by atoms with E-state index in [4.69, 9.17) is 46.1 Å². The van der Waals surface area contributed by atoms with Gasteiger partial charge in [0.15, 0.2) is 5.78 Å². The Morgan fingerprint density at radius 1 is 0.577 bits per heavy atom. The van der Waals surface area contributed by atoms with E-state index in [1.54, 1.807) is 107 Å². The summed E-state index contributed by atoms with van der Waals surface area (Å²) in [5, 5.41) is 43.3. The maximum absolute atomic E-state index is 13.8. The van der Waals surface area contributed by atoms with Crippen molar-refractivity contribution in [3.05, 3.63) is 188 Å². The molecule has 3 saturated heterocycles. The molecule has 0 radical (unpaired) electrons. The molecule has 8 N–H and O–H groups in total. The molecule has 14 rings (SSSR count). The molecule has 0 unspecified atom stereocenters. The summed E-state index contributed by atoms with van der Waals surface area (Å²) in [6.45, 7) is 31.8. The number of unbranched alkanes of at least 4 members (excludes halogenated alkanes) is 3. The van der Waals surface area contributed by atoms with Gasteiger partial charge in [-0.15, -0.1) is 19.7 Å². The summed E-state index contributed by atoms with van der Waals surface area (Å²) in [5.41, 5.74) is 2.90. The lowest BCUT2D eigenvalue weighted by molar-refractivity contribution is -0.142. The number of carbonyl (C=O) groups excluding carboxylic acids is 6. The number of sulfonamides is 2. The van der Waals surface area contributed by atoms with Crippen LogP contribution in [0.15, 0.2) is 166 Å². The van der Waals surface area contributed by atoms with Crippen molar-refractivity contribution >= 4 is 118 Å². The molecule has 31 nitrogen and oxygen atoms in total. The minimum Gasteiger partial charge on any atom is -0.481 e.